The van der Waals surface area contributed by atoms with Crippen molar-refractivity contribution in [3.63, 3.8) is 0 Å². The van der Waals surface area contributed by atoms with Crippen LogP contribution in [0.15, 0.2) is 36.9 Å². The van der Waals surface area contributed by atoms with Crippen LogP contribution in [-0.4, -0.2) is 96.1 Å². The number of aromatic carboxylic acids is 2. The topological polar surface area (TPSA) is 165 Å². The summed E-state index contributed by atoms with van der Waals surface area (Å²) in [6.07, 6.45) is 9.33. The van der Waals surface area contributed by atoms with Crippen LogP contribution in [0.3, 0.4) is 0 Å². The third kappa shape index (κ3) is 8.72. The van der Waals surface area contributed by atoms with Crippen LogP contribution in [0.5, 0.6) is 0 Å². The van der Waals surface area contributed by atoms with Gasteiger partial charge in [-0.25, -0.2) is 0 Å². The largest absolute Gasteiger partial charge is 1.00 e. The molecule has 0 atom stereocenters. The molecule has 0 radical (unpaired) electrons. The van der Waals surface area contributed by atoms with Crippen molar-refractivity contribution in [2.75, 3.05) is 52.6 Å². The molecule has 44 heavy (non-hydrogen) atoms. The molecule has 6 rings (SSSR count). The summed E-state index contributed by atoms with van der Waals surface area (Å²) in [6, 6.07) is 3.26. The standard InChI is InChI=1S/2C15H18N2O4.2Li/c2*18-14(13-8-21-9-13)17-3-1-10(2-4-17)11-5-12(15(19)20)7-16-6-11;;/h2*5-7,10,13H,1-4,8-9H2,(H,19,20);;/q;;2*+1/p-2. The minimum atomic E-state index is -1.21. The van der Waals surface area contributed by atoms with Gasteiger partial charge in [-0.2, -0.15) is 0 Å². The number of piperidine rings is 2. The van der Waals surface area contributed by atoms with Crippen LogP contribution < -0.4 is 47.9 Å². The van der Waals surface area contributed by atoms with E-state index in [-0.39, 0.29) is 84.3 Å². The molecule has 0 N–H and O–H groups in total. The second kappa shape index (κ2) is 16.6. The van der Waals surface area contributed by atoms with E-state index in [0.717, 1.165) is 36.8 Å². The first-order valence-electron chi connectivity index (χ1n) is 14.4. The summed E-state index contributed by atoms with van der Waals surface area (Å²) >= 11 is 0. The van der Waals surface area contributed by atoms with Gasteiger partial charge in [0.1, 0.15) is 0 Å². The van der Waals surface area contributed by atoms with Crippen molar-refractivity contribution in [2.45, 2.75) is 37.5 Å². The third-order valence-electron chi connectivity index (χ3n) is 8.52. The second-order valence-electron chi connectivity index (χ2n) is 11.3. The molecule has 4 fully saturated rings. The zero-order valence-electron chi connectivity index (χ0n) is 25.3. The predicted octanol–water partition coefficient (Wildman–Crippen LogP) is -6.40. The first-order valence-corrected chi connectivity index (χ1v) is 14.4. The van der Waals surface area contributed by atoms with E-state index < -0.39 is 11.9 Å². The molecular weight excluding hydrogens is 558 g/mol. The molecule has 0 aliphatic carbocycles. The van der Waals surface area contributed by atoms with E-state index in [1.54, 1.807) is 24.5 Å². The minimum absolute atomic E-state index is 0. The van der Waals surface area contributed by atoms with Crippen LogP contribution in [0.2, 0.25) is 0 Å². The van der Waals surface area contributed by atoms with Gasteiger partial charge in [-0.1, -0.05) is 0 Å². The van der Waals surface area contributed by atoms with E-state index >= 15 is 0 Å². The predicted molar refractivity (Wildman–Crippen MR) is 143 cm³/mol. The Kier molecular flexibility index (Phi) is 13.5. The molecule has 0 saturated carbocycles. The Morgan fingerprint density at radius 3 is 1.23 bits per heavy atom. The number of hydrogen-bond acceptors (Lipinski definition) is 10. The Hall–Kier alpha value is -2.71. The van der Waals surface area contributed by atoms with Crippen molar-refractivity contribution < 1.29 is 76.6 Å². The van der Waals surface area contributed by atoms with E-state index in [4.69, 9.17) is 9.47 Å². The van der Waals surface area contributed by atoms with E-state index in [9.17, 15) is 29.4 Å². The Bertz CT molecular complexity index is 1210. The molecule has 4 saturated heterocycles. The number of carbonyl (C=O) groups is 4. The van der Waals surface area contributed by atoms with Gasteiger partial charge in [0, 0.05) is 62.1 Å². The molecule has 2 amide bonds. The minimum Gasteiger partial charge on any atom is -0.545 e. The fourth-order valence-electron chi connectivity index (χ4n) is 5.72. The Morgan fingerprint density at radius 1 is 0.614 bits per heavy atom. The molecule has 0 aromatic carbocycles. The average Bonchev–Trinajstić information content (AvgIpc) is 2.96. The Morgan fingerprint density at radius 2 is 0.955 bits per heavy atom. The maximum atomic E-state index is 12.1. The summed E-state index contributed by atoms with van der Waals surface area (Å²) in [5, 5.41) is 21.8. The number of nitrogens with zero attached hydrogens (tertiary/aromatic N) is 4. The molecule has 2 aromatic heterocycles. The normalized spacial score (nSPS) is 19.2. The number of carbonyl (C=O) groups excluding carboxylic acids is 4. The van der Waals surface area contributed by atoms with Crippen molar-refractivity contribution in [3.8, 4) is 0 Å². The zero-order chi connectivity index (χ0) is 29.6. The first kappa shape index (κ1) is 35.8. The zero-order valence-corrected chi connectivity index (χ0v) is 25.3. The fourth-order valence-corrected chi connectivity index (χ4v) is 5.72. The van der Waals surface area contributed by atoms with Gasteiger partial charge in [0.25, 0.3) is 0 Å². The molecule has 0 spiro atoms. The molecule has 0 bridgehead atoms. The summed E-state index contributed by atoms with van der Waals surface area (Å²) in [4.78, 5) is 57.7. The van der Waals surface area contributed by atoms with Gasteiger partial charge >= 0.3 is 37.7 Å². The molecule has 12 nitrogen and oxygen atoms in total. The number of ether oxygens (including phenoxy) is 2. The van der Waals surface area contributed by atoms with Gasteiger partial charge < -0.3 is 39.1 Å². The number of carboxylic acid groups (broad SMARTS) is 2. The Balaban J connectivity index is 0.000000230. The SMILES string of the molecule is O=C([O-])c1cncc(C2CCN(C(=O)C3COC3)CC2)c1.O=C([O-])c1cncc(C2CCN(C(=O)C3COC3)CC2)c1.[Li+].[Li+]. The summed E-state index contributed by atoms with van der Waals surface area (Å²) in [7, 11) is 0. The van der Waals surface area contributed by atoms with Crippen molar-refractivity contribution in [2.24, 2.45) is 11.8 Å². The van der Waals surface area contributed by atoms with Gasteiger partial charge in [-0.3, -0.25) is 19.6 Å². The van der Waals surface area contributed by atoms with Crippen molar-refractivity contribution >= 4 is 23.8 Å². The van der Waals surface area contributed by atoms with Crippen LogP contribution in [-0.2, 0) is 19.1 Å². The van der Waals surface area contributed by atoms with E-state index in [2.05, 4.69) is 9.97 Å². The molecule has 6 heterocycles. The monoisotopic (exact) mass is 592 g/mol. The number of aromatic nitrogens is 2. The molecule has 0 unspecified atom stereocenters. The van der Waals surface area contributed by atoms with Crippen LogP contribution >= 0.6 is 0 Å². The molecule has 2 aromatic rings. The summed E-state index contributed by atoms with van der Waals surface area (Å²) in [6.45, 7) is 4.97. The van der Waals surface area contributed by atoms with Crippen molar-refractivity contribution in [3.05, 3.63) is 59.2 Å². The number of pyridine rings is 2. The molecule has 4 aliphatic heterocycles. The maximum Gasteiger partial charge on any atom is 1.00 e. The molecular formula is C30H34Li2N4O8. The summed E-state index contributed by atoms with van der Waals surface area (Å²) in [5.41, 5.74) is 2.04. The third-order valence-corrected chi connectivity index (χ3v) is 8.52. The van der Waals surface area contributed by atoms with Gasteiger partial charge in [0.2, 0.25) is 11.8 Å². The van der Waals surface area contributed by atoms with Gasteiger partial charge in [-0.05, 0) is 60.8 Å². The van der Waals surface area contributed by atoms with Gasteiger partial charge in [0.15, 0.2) is 0 Å². The van der Waals surface area contributed by atoms with Crippen molar-refractivity contribution in [1.29, 1.82) is 0 Å². The van der Waals surface area contributed by atoms with E-state index in [1.807, 2.05) is 9.80 Å². The summed E-state index contributed by atoms with van der Waals surface area (Å²) in [5.74, 6) is -1.49. The quantitative estimate of drug-likeness (QED) is 0.295. The van der Waals surface area contributed by atoms with Gasteiger partial charge in [-0.15, -0.1) is 0 Å². The number of hydrogen-bond donors (Lipinski definition) is 0. The second-order valence-corrected chi connectivity index (χ2v) is 11.3. The smallest absolute Gasteiger partial charge is 0.545 e. The number of likely N-dealkylation sites (tertiary alicyclic amines) is 2. The average molecular weight is 593 g/mol. The number of rotatable bonds is 6. The van der Waals surface area contributed by atoms with Crippen LogP contribution in [0.25, 0.3) is 0 Å². The number of amides is 2. The molecule has 14 heteroatoms. The maximum absolute atomic E-state index is 12.1. The molecule has 4 aliphatic rings. The van der Waals surface area contributed by atoms with Gasteiger partial charge in [0.05, 0.1) is 50.2 Å². The fraction of sp³-hybridized carbons (Fsp3) is 0.533. The van der Waals surface area contributed by atoms with Crippen LogP contribution in [0.4, 0.5) is 0 Å². The first-order chi connectivity index (χ1) is 20.3. The molecule has 224 valence electrons. The summed E-state index contributed by atoms with van der Waals surface area (Å²) < 4.78 is 10.1. The van der Waals surface area contributed by atoms with Crippen molar-refractivity contribution in [1.82, 2.24) is 19.8 Å². The van der Waals surface area contributed by atoms with Crippen LogP contribution in [0.1, 0.15) is 69.4 Å². The Labute approximate surface area is 280 Å². The van der Waals surface area contributed by atoms with E-state index in [0.29, 0.717) is 52.6 Å². The number of carboxylic acids is 2. The van der Waals surface area contributed by atoms with E-state index in [1.165, 1.54) is 12.4 Å². The van der Waals surface area contributed by atoms with Crippen LogP contribution in [0, 0.1) is 11.8 Å².